The summed E-state index contributed by atoms with van der Waals surface area (Å²) >= 11 is 0. The number of nitrogens with zero attached hydrogens (tertiary/aromatic N) is 1. The number of amides is 3. The number of urea groups is 1. The van der Waals surface area contributed by atoms with Crippen LogP contribution in [0.3, 0.4) is 0 Å². The molecule has 0 bridgehead atoms. The number of aliphatic carboxylic acids is 1. The van der Waals surface area contributed by atoms with E-state index in [0.717, 1.165) is 5.69 Å². The molecule has 1 aliphatic heterocycles. The number of anilines is 1. The first-order chi connectivity index (χ1) is 9.97. The zero-order valence-corrected chi connectivity index (χ0v) is 11.6. The lowest BCUT2D eigenvalue weighted by atomic mass is 10.1. The lowest BCUT2D eigenvalue weighted by Crippen LogP contribution is -2.34. The van der Waals surface area contributed by atoms with Gasteiger partial charge in [-0.1, -0.05) is 0 Å². The molecule has 21 heavy (non-hydrogen) atoms. The van der Waals surface area contributed by atoms with Crippen LogP contribution in [0.4, 0.5) is 10.5 Å². The summed E-state index contributed by atoms with van der Waals surface area (Å²) < 4.78 is 0. The number of hydrogen-bond acceptors (Lipinski definition) is 3. The third-order valence-corrected chi connectivity index (χ3v) is 3.16. The Kier molecular flexibility index (Phi) is 4.42. The van der Waals surface area contributed by atoms with Crippen molar-refractivity contribution in [1.29, 1.82) is 0 Å². The van der Waals surface area contributed by atoms with Crippen molar-refractivity contribution < 1.29 is 19.5 Å². The van der Waals surface area contributed by atoms with Gasteiger partial charge >= 0.3 is 12.0 Å². The first-order valence-electron chi connectivity index (χ1n) is 6.65. The highest BCUT2D eigenvalue weighted by molar-refractivity contribution is 5.97. The predicted molar refractivity (Wildman–Crippen MR) is 76.4 cm³/mol. The quantitative estimate of drug-likeness (QED) is 0.747. The fraction of sp³-hybridized carbons (Fsp3) is 0.357. The lowest BCUT2D eigenvalue weighted by Gasteiger charge is -2.15. The van der Waals surface area contributed by atoms with E-state index < -0.39 is 12.0 Å². The molecule has 3 N–H and O–H groups in total. The monoisotopic (exact) mass is 291 g/mol. The Bertz CT molecular complexity index is 556. The molecule has 0 aliphatic carbocycles. The highest BCUT2D eigenvalue weighted by atomic mass is 16.4. The van der Waals surface area contributed by atoms with E-state index in [1.54, 1.807) is 36.1 Å². The van der Waals surface area contributed by atoms with Crippen LogP contribution in [0.1, 0.15) is 23.7 Å². The van der Waals surface area contributed by atoms with Crippen LogP contribution in [0.15, 0.2) is 24.3 Å². The molecule has 0 spiro atoms. The molecular formula is C14H17N3O4. The summed E-state index contributed by atoms with van der Waals surface area (Å²) in [4.78, 5) is 35.6. The first kappa shape index (κ1) is 14.8. The molecule has 1 fully saturated rings. The summed E-state index contributed by atoms with van der Waals surface area (Å²) in [6, 6.07) is 6.03. The third kappa shape index (κ3) is 3.71. The normalized spacial score (nSPS) is 15.5. The summed E-state index contributed by atoms with van der Waals surface area (Å²) in [5, 5.41) is 14.0. The number of carboxylic acids is 1. The van der Waals surface area contributed by atoms with Crippen molar-refractivity contribution in [2.45, 2.75) is 19.4 Å². The summed E-state index contributed by atoms with van der Waals surface area (Å²) in [6.07, 6.45) is -0.127. The van der Waals surface area contributed by atoms with Crippen LogP contribution in [0.25, 0.3) is 0 Å². The number of carbonyl (C=O) groups excluding carboxylic acids is 2. The molecule has 1 unspecified atom stereocenters. The van der Waals surface area contributed by atoms with Gasteiger partial charge in [-0.2, -0.15) is 0 Å². The molecule has 0 radical (unpaired) electrons. The molecular weight excluding hydrogens is 274 g/mol. The largest absolute Gasteiger partial charge is 0.481 e. The second-order valence-electron chi connectivity index (χ2n) is 4.90. The van der Waals surface area contributed by atoms with E-state index in [1.807, 2.05) is 0 Å². The summed E-state index contributed by atoms with van der Waals surface area (Å²) in [5.74, 6) is -1.29. The second-order valence-corrected chi connectivity index (χ2v) is 4.90. The van der Waals surface area contributed by atoms with Gasteiger partial charge in [-0.3, -0.25) is 14.5 Å². The van der Waals surface area contributed by atoms with Crippen molar-refractivity contribution in [2.24, 2.45) is 0 Å². The van der Waals surface area contributed by atoms with E-state index in [2.05, 4.69) is 10.6 Å². The molecule has 112 valence electrons. The molecule has 7 heteroatoms. The number of carbonyl (C=O) groups is 3. The Hall–Kier alpha value is -2.57. The Balaban J connectivity index is 1.99. The minimum Gasteiger partial charge on any atom is -0.481 e. The number of rotatable bonds is 5. The third-order valence-electron chi connectivity index (χ3n) is 3.16. The summed E-state index contributed by atoms with van der Waals surface area (Å²) in [5.41, 5.74) is 1.15. The van der Waals surface area contributed by atoms with Gasteiger partial charge in [0.25, 0.3) is 5.91 Å². The highest BCUT2D eigenvalue weighted by Gasteiger charge is 2.21. The first-order valence-corrected chi connectivity index (χ1v) is 6.65. The van der Waals surface area contributed by atoms with Crippen molar-refractivity contribution in [3.05, 3.63) is 29.8 Å². The Morgan fingerprint density at radius 3 is 2.57 bits per heavy atom. The molecule has 0 aromatic heterocycles. The van der Waals surface area contributed by atoms with E-state index in [9.17, 15) is 14.4 Å². The maximum atomic E-state index is 11.9. The molecule has 2 rings (SSSR count). The zero-order chi connectivity index (χ0) is 15.4. The van der Waals surface area contributed by atoms with Gasteiger partial charge in [-0.25, -0.2) is 4.79 Å². The van der Waals surface area contributed by atoms with Gasteiger partial charge in [-0.05, 0) is 31.2 Å². The van der Waals surface area contributed by atoms with Crippen LogP contribution in [-0.2, 0) is 4.79 Å². The highest BCUT2D eigenvalue weighted by Crippen LogP contribution is 2.17. The Labute approximate surface area is 121 Å². The van der Waals surface area contributed by atoms with E-state index in [0.29, 0.717) is 18.7 Å². The van der Waals surface area contributed by atoms with Crippen molar-refractivity contribution in [1.82, 2.24) is 10.6 Å². The smallest absolute Gasteiger partial charge is 0.321 e. The Morgan fingerprint density at radius 1 is 1.38 bits per heavy atom. The maximum absolute atomic E-state index is 11.9. The van der Waals surface area contributed by atoms with E-state index >= 15 is 0 Å². The van der Waals surface area contributed by atoms with Gasteiger partial charge in [-0.15, -0.1) is 0 Å². The molecule has 0 saturated carbocycles. The molecule has 1 heterocycles. The molecule has 1 atom stereocenters. The van der Waals surface area contributed by atoms with Crippen molar-refractivity contribution in [3.63, 3.8) is 0 Å². The van der Waals surface area contributed by atoms with Gasteiger partial charge in [0, 0.05) is 30.4 Å². The number of carboxylic acid groups (broad SMARTS) is 1. The van der Waals surface area contributed by atoms with E-state index in [4.69, 9.17) is 5.11 Å². The van der Waals surface area contributed by atoms with Crippen LogP contribution >= 0.6 is 0 Å². The molecule has 1 saturated heterocycles. The SMILES string of the molecule is CC(CC(=O)O)NC(=O)c1ccc(N2CCNC2=O)cc1. The van der Waals surface area contributed by atoms with Crippen molar-refractivity contribution in [2.75, 3.05) is 18.0 Å². The van der Waals surface area contributed by atoms with Gasteiger partial charge in [0.05, 0.1) is 6.42 Å². The summed E-state index contributed by atoms with van der Waals surface area (Å²) in [6.45, 7) is 2.84. The average Bonchev–Trinajstić information content (AvgIpc) is 2.84. The van der Waals surface area contributed by atoms with Crippen LogP contribution in [0.5, 0.6) is 0 Å². The molecule has 1 aliphatic rings. The van der Waals surface area contributed by atoms with Crippen LogP contribution in [-0.4, -0.2) is 42.1 Å². The number of nitrogens with one attached hydrogen (secondary N) is 2. The number of hydrogen-bond donors (Lipinski definition) is 3. The zero-order valence-electron chi connectivity index (χ0n) is 11.6. The fourth-order valence-corrected chi connectivity index (χ4v) is 2.13. The molecule has 1 aromatic rings. The van der Waals surface area contributed by atoms with Crippen LogP contribution in [0.2, 0.25) is 0 Å². The maximum Gasteiger partial charge on any atom is 0.321 e. The van der Waals surface area contributed by atoms with Gasteiger partial charge in [0.1, 0.15) is 0 Å². The van der Waals surface area contributed by atoms with E-state index in [1.165, 1.54) is 0 Å². The van der Waals surface area contributed by atoms with Crippen molar-refractivity contribution in [3.8, 4) is 0 Å². The molecule has 7 nitrogen and oxygen atoms in total. The second kappa shape index (κ2) is 6.25. The minimum absolute atomic E-state index is 0.127. The Morgan fingerprint density at radius 2 is 2.05 bits per heavy atom. The minimum atomic E-state index is -0.960. The topological polar surface area (TPSA) is 98.7 Å². The van der Waals surface area contributed by atoms with Crippen LogP contribution < -0.4 is 15.5 Å². The number of benzene rings is 1. The van der Waals surface area contributed by atoms with Crippen molar-refractivity contribution >= 4 is 23.6 Å². The lowest BCUT2D eigenvalue weighted by molar-refractivity contribution is -0.137. The summed E-state index contributed by atoms with van der Waals surface area (Å²) in [7, 11) is 0. The van der Waals surface area contributed by atoms with Crippen LogP contribution in [0, 0.1) is 0 Å². The fourth-order valence-electron chi connectivity index (χ4n) is 2.13. The van der Waals surface area contributed by atoms with Gasteiger partial charge < -0.3 is 15.7 Å². The molecule has 3 amide bonds. The predicted octanol–water partition coefficient (Wildman–Crippen LogP) is 0.809. The van der Waals surface area contributed by atoms with Gasteiger partial charge in [0.2, 0.25) is 0 Å². The van der Waals surface area contributed by atoms with Gasteiger partial charge in [0.15, 0.2) is 0 Å². The molecule has 1 aromatic carbocycles. The standard InChI is InChI=1S/C14H17N3O4/c1-9(8-12(18)19)16-13(20)10-2-4-11(5-3-10)17-7-6-15-14(17)21/h2-5,9H,6-8H2,1H3,(H,15,21)(H,16,20)(H,18,19). The average molecular weight is 291 g/mol. The van der Waals surface area contributed by atoms with E-state index in [-0.39, 0.29) is 18.4 Å².